The predicted molar refractivity (Wildman–Crippen MR) is 101 cm³/mol. The average molecular weight is 379 g/mol. The van der Waals surface area contributed by atoms with Crippen molar-refractivity contribution in [3.8, 4) is 29.0 Å². The summed E-state index contributed by atoms with van der Waals surface area (Å²) in [5, 5.41) is 20.0. The van der Waals surface area contributed by atoms with Crippen LogP contribution in [0.5, 0.6) is 0 Å². The summed E-state index contributed by atoms with van der Waals surface area (Å²) in [6.07, 6.45) is -1.67. The SMILES string of the molecule is CC1=Nc2cc(-c3nnc(-c4ccc(NCC(F)F)c(C#N)c4)o3)ccc2C1. The number of fused-ring (bicyclic) bond motifs is 1. The zero-order valence-electron chi connectivity index (χ0n) is 14.9. The lowest BCUT2D eigenvalue weighted by atomic mass is 10.1. The first-order chi connectivity index (χ1) is 13.5. The second-order valence-electron chi connectivity index (χ2n) is 6.42. The van der Waals surface area contributed by atoms with Gasteiger partial charge in [0, 0.05) is 23.3 Å². The Morgan fingerprint density at radius 3 is 2.57 bits per heavy atom. The van der Waals surface area contributed by atoms with E-state index in [0.29, 0.717) is 17.1 Å². The van der Waals surface area contributed by atoms with Crippen LogP contribution in [0.4, 0.5) is 20.2 Å². The van der Waals surface area contributed by atoms with E-state index in [9.17, 15) is 14.0 Å². The number of anilines is 1. The molecule has 0 aliphatic carbocycles. The highest BCUT2D eigenvalue weighted by Gasteiger charge is 2.16. The fourth-order valence-electron chi connectivity index (χ4n) is 3.04. The molecule has 1 aromatic heterocycles. The third kappa shape index (κ3) is 3.47. The molecule has 0 bridgehead atoms. The highest BCUT2D eigenvalue weighted by atomic mass is 19.3. The summed E-state index contributed by atoms with van der Waals surface area (Å²) >= 11 is 0. The molecule has 1 aliphatic heterocycles. The summed E-state index contributed by atoms with van der Waals surface area (Å²) in [4.78, 5) is 4.50. The van der Waals surface area contributed by atoms with Gasteiger partial charge in [-0.15, -0.1) is 10.2 Å². The van der Waals surface area contributed by atoms with Crippen LogP contribution < -0.4 is 5.32 Å². The fourth-order valence-corrected chi connectivity index (χ4v) is 3.04. The van der Waals surface area contributed by atoms with E-state index < -0.39 is 13.0 Å². The molecule has 0 spiro atoms. The summed E-state index contributed by atoms with van der Waals surface area (Å²) in [5.41, 5.74) is 4.96. The van der Waals surface area contributed by atoms with E-state index in [1.807, 2.05) is 31.2 Å². The second kappa shape index (κ2) is 7.19. The van der Waals surface area contributed by atoms with E-state index in [-0.39, 0.29) is 11.5 Å². The minimum atomic E-state index is -2.51. The molecule has 3 aromatic rings. The Labute approximate surface area is 159 Å². The minimum absolute atomic E-state index is 0.222. The number of rotatable bonds is 5. The first-order valence-electron chi connectivity index (χ1n) is 8.61. The van der Waals surface area contributed by atoms with Crippen LogP contribution >= 0.6 is 0 Å². The van der Waals surface area contributed by atoms with Crippen molar-refractivity contribution in [2.24, 2.45) is 4.99 Å². The van der Waals surface area contributed by atoms with Gasteiger partial charge in [-0.05, 0) is 42.8 Å². The maximum Gasteiger partial charge on any atom is 0.255 e. The molecule has 0 amide bonds. The molecule has 8 heteroatoms. The van der Waals surface area contributed by atoms with Crippen molar-refractivity contribution >= 4 is 17.1 Å². The van der Waals surface area contributed by atoms with Gasteiger partial charge in [-0.2, -0.15) is 5.26 Å². The smallest absolute Gasteiger partial charge is 0.255 e. The monoisotopic (exact) mass is 379 g/mol. The van der Waals surface area contributed by atoms with Crippen LogP contribution in [0.2, 0.25) is 0 Å². The van der Waals surface area contributed by atoms with Crippen LogP contribution in [-0.4, -0.2) is 28.9 Å². The molecule has 0 unspecified atom stereocenters. The largest absolute Gasteiger partial charge is 0.416 e. The number of nitrogens with zero attached hydrogens (tertiary/aromatic N) is 4. The minimum Gasteiger partial charge on any atom is -0.416 e. The van der Waals surface area contributed by atoms with E-state index in [4.69, 9.17) is 4.42 Å². The van der Waals surface area contributed by atoms with E-state index in [0.717, 1.165) is 28.9 Å². The highest BCUT2D eigenvalue weighted by molar-refractivity contribution is 5.92. The number of hydrogen-bond donors (Lipinski definition) is 1. The molecule has 140 valence electrons. The summed E-state index contributed by atoms with van der Waals surface area (Å²) < 4.78 is 30.5. The Kier molecular flexibility index (Phi) is 4.57. The molecule has 0 fully saturated rings. The van der Waals surface area contributed by atoms with Crippen molar-refractivity contribution in [3.63, 3.8) is 0 Å². The van der Waals surface area contributed by atoms with Gasteiger partial charge in [0.2, 0.25) is 11.8 Å². The molecule has 6 nitrogen and oxygen atoms in total. The third-order valence-electron chi connectivity index (χ3n) is 4.35. The van der Waals surface area contributed by atoms with Crippen LogP contribution in [0, 0.1) is 11.3 Å². The van der Waals surface area contributed by atoms with Crippen LogP contribution in [0.1, 0.15) is 18.1 Å². The van der Waals surface area contributed by atoms with E-state index in [2.05, 4.69) is 20.5 Å². The lowest BCUT2D eigenvalue weighted by Gasteiger charge is -2.08. The molecule has 1 N–H and O–H groups in total. The predicted octanol–water partition coefficient (Wildman–Crippen LogP) is 4.60. The number of halogens is 2. The van der Waals surface area contributed by atoms with Gasteiger partial charge in [-0.25, -0.2) is 8.78 Å². The lowest BCUT2D eigenvalue weighted by molar-refractivity contribution is 0.163. The molecule has 0 saturated carbocycles. The van der Waals surface area contributed by atoms with Gasteiger partial charge in [0.1, 0.15) is 6.07 Å². The summed E-state index contributed by atoms with van der Waals surface area (Å²) in [6, 6.07) is 12.5. The van der Waals surface area contributed by atoms with Gasteiger partial charge in [0.05, 0.1) is 23.5 Å². The maximum absolute atomic E-state index is 12.4. The lowest BCUT2D eigenvalue weighted by Crippen LogP contribution is -2.11. The molecular weight excluding hydrogens is 364 g/mol. The first-order valence-corrected chi connectivity index (χ1v) is 8.61. The number of hydrogen-bond acceptors (Lipinski definition) is 6. The van der Waals surface area contributed by atoms with Gasteiger partial charge < -0.3 is 9.73 Å². The van der Waals surface area contributed by atoms with Crippen LogP contribution in [0.3, 0.4) is 0 Å². The van der Waals surface area contributed by atoms with Crippen LogP contribution in [0.15, 0.2) is 45.8 Å². The van der Waals surface area contributed by atoms with Crippen molar-refractivity contribution in [1.29, 1.82) is 5.26 Å². The molecule has 1 aliphatic rings. The van der Waals surface area contributed by atoms with Crippen LogP contribution in [0.25, 0.3) is 22.9 Å². The molecule has 2 aromatic carbocycles. The average Bonchev–Trinajstić information content (AvgIpc) is 3.31. The van der Waals surface area contributed by atoms with Crippen molar-refractivity contribution in [2.45, 2.75) is 19.8 Å². The van der Waals surface area contributed by atoms with Crippen molar-refractivity contribution in [3.05, 3.63) is 47.5 Å². The number of nitriles is 1. The number of nitrogens with one attached hydrogen (secondary N) is 1. The van der Waals surface area contributed by atoms with Gasteiger partial charge in [-0.3, -0.25) is 4.99 Å². The van der Waals surface area contributed by atoms with Gasteiger partial charge in [0.25, 0.3) is 6.43 Å². The van der Waals surface area contributed by atoms with E-state index in [1.54, 1.807) is 12.1 Å². The number of aliphatic imine (C=N–C) groups is 1. The first kappa shape index (κ1) is 17.8. The maximum atomic E-state index is 12.4. The fraction of sp³-hybridized carbons (Fsp3) is 0.200. The Balaban J connectivity index is 1.61. The highest BCUT2D eigenvalue weighted by Crippen LogP contribution is 2.33. The molecular formula is C20H15F2N5O. The normalized spacial score (nSPS) is 12.6. The molecule has 2 heterocycles. The molecule has 0 radical (unpaired) electrons. The summed E-state index contributed by atoms with van der Waals surface area (Å²) in [6.45, 7) is 1.45. The Hall–Kier alpha value is -3.60. The quantitative estimate of drug-likeness (QED) is 0.700. The zero-order valence-corrected chi connectivity index (χ0v) is 14.9. The molecule has 28 heavy (non-hydrogen) atoms. The van der Waals surface area contributed by atoms with Crippen molar-refractivity contribution < 1.29 is 13.2 Å². The molecule has 0 saturated heterocycles. The number of aromatic nitrogens is 2. The van der Waals surface area contributed by atoms with Crippen molar-refractivity contribution in [1.82, 2.24) is 10.2 Å². The number of alkyl halides is 2. The Bertz CT molecular complexity index is 1110. The van der Waals surface area contributed by atoms with Crippen LogP contribution in [-0.2, 0) is 6.42 Å². The zero-order chi connectivity index (χ0) is 19.7. The summed E-state index contributed by atoms with van der Waals surface area (Å²) in [7, 11) is 0. The van der Waals surface area contributed by atoms with Gasteiger partial charge >= 0.3 is 0 Å². The molecule has 0 atom stereocenters. The van der Waals surface area contributed by atoms with Crippen molar-refractivity contribution in [2.75, 3.05) is 11.9 Å². The van der Waals surface area contributed by atoms with E-state index in [1.165, 1.54) is 6.07 Å². The topological polar surface area (TPSA) is 87.1 Å². The Morgan fingerprint density at radius 1 is 1.14 bits per heavy atom. The number of benzene rings is 2. The van der Waals surface area contributed by atoms with Gasteiger partial charge in [0.15, 0.2) is 0 Å². The van der Waals surface area contributed by atoms with Gasteiger partial charge in [-0.1, -0.05) is 6.07 Å². The summed E-state index contributed by atoms with van der Waals surface area (Å²) in [5.74, 6) is 0.586. The standard InChI is InChI=1S/C20H15F2N5O/c1-11-6-12-2-3-14(8-17(12)25-11)20-27-26-19(28-20)13-4-5-16(15(7-13)9-23)24-10-18(21)22/h2-5,7-8,18,24H,6,10H2,1H3. The third-order valence-corrected chi connectivity index (χ3v) is 4.35. The Morgan fingerprint density at radius 2 is 1.86 bits per heavy atom. The second-order valence-corrected chi connectivity index (χ2v) is 6.42. The molecule has 4 rings (SSSR count). The van der Waals surface area contributed by atoms with E-state index >= 15 is 0 Å².